The Balaban J connectivity index is 4.33. The van der Waals surface area contributed by atoms with E-state index in [0.29, 0.717) is 37.2 Å². The molecular formula is C14H26O3. The average Bonchev–Trinajstić information content (AvgIpc) is 2.25. The molecule has 17 heavy (non-hydrogen) atoms. The first-order chi connectivity index (χ1) is 7.97. The smallest absolute Gasteiger partial charge is 0.336 e. The Morgan fingerprint density at radius 1 is 1.18 bits per heavy atom. The van der Waals surface area contributed by atoms with Crippen molar-refractivity contribution < 1.29 is 14.3 Å². The highest BCUT2D eigenvalue weighted by Gasteiger charge is 2.12. The molecule has 0 atom stereocenters. The molecule has 0 aromatic rings. The molecule has 0 radical (unpaired) electrons. The summed E-state index contributed by atoms with van der Waals surface area (Å²) < 4.78 is 10.5. The molecule has 0 aromatic heterocycles. The van der Waals surface area contributed by atoms with Crippen LogP contribution in [0.2, 0.25) is 0 Å². The molecule has 0 aliphatic rings. The summed E-state index contributed by atoms with van der Waals surface area (Å²) in [5, 5.41) is 0. The monoisotopic (exact) mass is 242 g/mol. The number of esters is 1. The van der Waals surface area contributed by atoms with Crippen molar-refractivity contribution in [2.75, 3.05) is 19.8 Å². The summed E-state index contributed by atoms with van der Waals surface area (Å²) in [6.07, 6.45) is 2.81. The minimum atomic E-state index is -0.243. The minimum Gasteiger partial charge on any atom is -0.462 e. The van der Waals surface area contributed by atoms with Crippen LogP contribution in [0.1, 0.15) is 41.0 Å². The van der Waals surface area contributed by atoms with Gasteiger partial charge in [0.15, 0.2) is 0 Å². The van der Waals surface area contributed by atoms with E-state index in [1.54, 1.807) is 0 Å². The van der Waals surface area contributed by atoms with Crippen LogP contribution in [0.5, 0.6) is 0 Å². The Kier molecular flexibility index (Phi) is 8.78. The topological polar surface area (TPSA) is 35.5 Å². The van der Waals surface area contributed by atoms with Crippen molar-refractivity contribution in [1.29, 1.82) is 0 Å². The second-order valence-corrected chi connectivity index (χ2v) is 4.99. The molecule has 3 nitrogen and oxygen atoms in total. The van der Waals surface area contributed by atoms with E-state index in [1.165, 1.54) is 0 Å². The third kappa shape index (κ3) is 8.93. The molecular weight excluding hydrogens is 216 g/mol. The predicted octanol–water partition coefficient (Wildman–Crippen LogP) is 3.19. The van der Waals surface area contributed by atoms with Crippen LogP contribution >= 0.6 is 0 Å². The van der Waals surface area contributed by atoms with Crippen LogP contribution in [0.25, 0.3) is 0 Å². The lowest BCUT2D eigenvalue weighted by Gasteiger charge is -2.11. The van der Waals surface area contributed by atoms with E-state index in [0.717, 1.165) is 6.42 Å². The number of allylic oxidation sites excluding steroid dienone is 1. The standard InChI is InChI=1S/C14H26O3/c1-6-16-10-13(8-7-11(2)3)14(15)17-9-12(4)5/h8,11-12H,6-7,9-10H2,1-5H3. The molecule has 0 heterocycles. The number of rotatable bonds is 8. The van der Waals surface area contributed by atoms with Gasteiger partial charge in [-0.15, -0.1) is 0 Å². The van der Waals surface area contributed by atoms with Crippen molar-refractivity contribution in [1.82, 2.24) is 0 Å². The van der Waals surface area contributed by atoms with E-state index in [-0.39, 0.29) is 5.97 Å². The first-order valence-electron chi connectivity index (χ1n) is 6.41. The quantitative estimate of drug-likeness (QED) is 0.484. The fraction of sp³-hybridized carbons (Fsp3) is 0.786. The van der Waals surface area contributed by atoms with Gasteiger partial charge in [-0.05, 0) is 25.2 Å². The van der Waals surface area contributed by atoms with Crippen LogP contribution in [0.3, 0.4) is 0 Å². The van der Waals surface area contributed by atoms with Gasteiger partial charge in [0.2, 0.25) is 0 Å². The largest absolute Gasteiger partial charge is 0.462 e. The van der Waals surface area contributed by atoms with E-state index in [1.807, 2.05) is 26.8 Å². The van der Waals surface area contributed by atoms with Gasteiger partial charge in [-0.1, -0.05) is 33.8 Å². The normalized spacial score (nSPS) is 12.3. The second kappa shape index (κ2) is 9.23. The molecule has 0 saturated heterocycles. The van der Waals surface area contributed by atoms with Crippen LogP contribution in [0.15, 0.2) is 11.6 Å². The zero-order chi connectivity index (χ0) is 13.3. The highest BCUT2D eigenvalue weighted by atomic mass is 16.5. The molecule has 0 N–H and O–H groups in total. The van der Waals surface area contributed by atoms with Gasteiger partial charge in [-0.3, -0.25) is 0 Å². The molecule has 3 heteroatoms. The zero-order valence-electron chi connectivity index (χ0n) is 11.8. The van der Waals surface area contributed by atoms with E-state index in [4.69, 9.17) is 9.47 Å². The lowest BCUT2D eigenvalue weighted by molar-refractivity contribution is -0.140. The summed E-state index contributed by atoms with van der Waals surface area (Å²) >= 11 is 0. The summed E-state index contributed by atoms with van der Waals surface area (Å²) in [5.74, 6) is 0.648. The summed E-state index contributed by atoms with van der Waals surface area (Å²) in [5.41, 5.74) is 0.640. The molecule has 0 fully saturated rings. The van der Waals surface area contributed by atoms with E-state index in [2.05, 4.69) is 13.8 Å². The number of hydrogen-bond acceptors (Lipinski definition) is 3. The molecule has 0 spiro atoms. The molecule has 0 aliphatic heterocycles. The van der Waals surface area contributed by atoms with Crippen molar-refractivity contribution in [2.45, 2.75) is 41.0 Å². The third-order valence-electron chi connectivity index (χ3n) is 2.11. The molecule has 0 aliphatic carbocycles. The first kappa shape index (κ1) is 16.2. The Bertz CT molecular complexity index is 242. The van der Waals surface area contributed by atoms with E-state index in [9.17, 15) is 4.79 Å². The van der Waals surface area contributed by atoms with E-state index < -0.39 is 0 Å². The summed E-state index contributed by atoms with van der Waals surface area (Å²) in [6.45, 7) is 11.6. The van der Waals surface area contributed by atoms with Gasteiger partial charge in [-0.25, -0.2) is 4.79 Å². The van der Waals surface area contributed by atoms with Gasteiger partial charge in [0.25, 0.3) is 0 Å². The van der Waals surface area contributed by atoms with Crippen molar-refractivity contribution in [3.8, 4) is 0 Å². The number of carbonyl (C=O) groups excluding carboxylic acids is 1. The van der Waals surface area contributed by atoms with Crippen LogP contribution in [0, 0.1) is 11.8 Å². The number of hydrogen-bond donors (Lipinski definition) is 0. The van der Waals surface area contributed by atoms with Gasteiger partial charge in [0, 0.05) is 6.61 Å². The lowest BCUT2D eigenvalue weighted by Crippen LogP contribution is -2.16. The van der Waals surface area contributed by atoms with Gasteiger partial charge < -0.3 is 9.47 Å². The fourth-order valence-electron chi connectivity index (χ4n) is 1.13. The maximum Gasteiger partial charge on any atom is 0.336 e. The number of ether oxygens (including phenoxy) is 2. The zero-order valence-corrected chi connectivity index (χ0v) is 11.8. The summed E-state index contributed by atoms with van der Waals surface area (Å²) in [4.78, 5) is 11.8. The minimum absolute atomic E-state index is 0.243. The Morgan fingerprint density at radius 2 is 1.82 bits per heavy atom. The molecule has 0 aromatic carbocycles. The van der Waals surface area contributed by atoms with Gasteiger partial charge in [0.05, 0.1) is 18.8 Å². The highest BCUT2D eigenvalue weighted by molar-refractivity contribution is 5.88. The average molecular weight is 242 g/mol. The number of carbonyl (C=O) groups is 1. The maximum absolute atomic E-state index is 11.8. The Labute approximate surface area is 105 Å². The Hall–Kier alpha value is -0.830. The summed E-state index contributed by atoms with van der Waals surface area (Å²) in [6, 6.07) is 0. The summed E-state index contributed by atoms with van der Waals surface area (Å²) in [7, 11) is 0. The lowest BCUT2D eigenvalue weighted by atomic mass is 10.1. The van der Waals surface area contributed by atoms with Crippen LogP contribution in [0.4, 0.5) is 0 Å². The maximum atomic E-state index is 11.8. The second-order valence-electron chi connectivity index (χ2n) is 4.99. The third-order valence-corrected chi connectivity index (χ3v) is 2.11. The Morgan fingerprint density at radius 3 is 2.29 bits per heavy atom. The highest BCUT2D eigenvalue weighted by Crippen LogP contribution is 2.08. The molecule has 0 amide bonds. The molecule has 0 rings (SSSR count). The van der Waals surface area contributed by atoms with Crippen LogP contribution < -0.4 is 0 Å². The molecule has 0 bridgehead atoms. The SMILES string of the molecule is CCOCC(=CCC(C)C)C(=O)OCC(C)C. The van der Waals surface area contributed by atoms with Crippen LogP contribution in [-0.4, -0.2) is 25.8 Å². The van der Waals surface area contributed by atoms with Gasteiger partial charge in [0.1, 0.15) is 0 Å². The van der Waals surface area contributed by atoms with Gasteiger partial charge >= 0.3 is 5.97 Å². The van der Waals surface area contributed by atoms with E-state index >= 15 is 0 Å². The molecule has 0 saturated carbocycles. The van der Waals surface area contributed by atoms with Crippen molar-refractivity contribution in [2.24, 2.45) is 11.8 Å². The first-order valence-corrected chi connectivity index (χ1v) is 6.41. The van der Waals surface area contributed by atoms with Gasteiger partial charge in [-0.2, -0.15) is 0 Å². The predicted molar refractivity (Wildman–Crippen MR) is 69.8 cm³/mol. The van der Waals surface area contributed by atoms with Crippen molar-refractivity contribution in [3.05, 3.63) is 11.6 Å². The van der Waals surface area contributed by atoms with Crippen molar-refractivity contribution in [3.63, 3.8) is 0 Å². The molecule has 0 unspecified atom stereocenters. The molecule has 100 valence electrons. The van der Waals surface area contributed by atoms with Crippen molar-refractivity contribution >= 4 is 5.97 Å². The fourth-order valence-corrected chi connectivity index (χ4v) is 1.13. The van der Waals surface area contributed by atoms with Crippen LogP contribution in [-0.2, 0) is 14.3 Å².